The summed E-state index contributed by atoms with van der Waals surface area (Å²) in [4.78, 5) is 14.8. The third-order valence-electron chi connectivity index (χ3n) is 5.76. The van der Waals surface area contributed by atoms with Gasteiger partial charge in [0.25, 0.3) is 5.91 Å². The summed E-state index contributed by atoms with van der Waals surface area (Å²) in [6.07, 6.45) is 0. The number of amides is 1. The first-order valence-corrected chi connectivity index (χ1v) is 12.5. The molecule has 2 aromatic carbocycles. The van der Waals surface area contributed by atoms with Gasteiger partial charge < -0.3 is 9.33 Å². The van der Waals surface area contributed by atoms with Gasteiger partial charge in [0, 0.05) is 18.7 Å². The predicted octanol–water partition coefficient (Wildman–Crippen LogP) is 5.84. The van der Waals surface area contributed by atoms with E-state index in [-0.39, 0.29) is 5.91 Å². The molecule has 0 heterocycles. The summed E-state index contributed by atoms with van der Waals surface area (Å²) >= 11 is 0. The number of fused-ring (bicyclic) bond motifs is 1. The molecule has 0 aliphatic carbocycles. The number of hydrogen-bond donors (Lipinski definition) is 0. The van der Waals surface area contributed by atoms with Crippen molar-refractivity contribution in [2.75, 3.05) is 13.1 Å². The van der Waals surface area contributed by atoms with Crippen molar-refractivity contribution in [2.45, 2.75) is 59.4 Å². The van der Waals surface area contributed by atoms with Crippen molar-refractivity contribution in [3.05, 3.63) is 47.5 Å². The van der Waals surface area contributed by atoms with Crippen molar-refractivity contribution in [3.8, 4) is 0 Å². The number of carbonyl (C=O) groups excluding carboxylic acids is 1. The molecule has 0 atom stereocenters. The second-order valence-corrected chi connectivity index (χ2v) is 11.6. The normalized spacial score (nSPS) is 11.7. The summed E-state index contributed by atoms with van der Waals surface area (Å²) in [6, 6.07) is 15.7. The molecular formula is C22H33NO2Si. The average molecular weight is 372 g/mol. The Morgan fingerprint density at radius 3 is 2.00 bits per heavy atom. The van der Waals surface area contributed by atoms with Crippen LogP contribution in [-0.2, 0) is 11.0 Å². The van der Waals surface area contributed by atoms with Gasteiger partial charge in [0.05, 0.1) is 6.61 Å². The number of rotatable bonds is 9. The summed E-state index contributed by atoms with van der Waals surface area (Å²) in [5.41, 5.74) is 1.97. The highest BCUT2D eigenvalue weighted by Gasteiger charge is 2.29. The van der Waals surface area contributed by atoms with Gasteiger partial charge in [-0.05, 0) is 54.4 Å². The molecule has 0 N–H and O–H groups in total. The van der Waals surface area contributed by atoms with Gasteiger partial charge >= 0.3 is 0 Å². The molecule has 3 nitrogen and oxygen atoms in total. The molecule has 142 valence electrons. The quantitative estimate of drug-likeness (QED) is 0.518. The molecular weight excluding hydrogens is 338 g/mol. The summed E-state index contributed by atoms with van der Waals surface area (Å²) in [5.74, 6) is 0.109. The van der Waals surface area contributed by atoms with Gasteiger partial charge in [-0.15, -0.1) is 0 Å². The van der Waals surface area contributed by atoms with E-state index >= 15 is 0 Å². The molecule has 0 unspecified atom stereocenters. The van der Waals surface area contributed by atoms with Crippen LogP contribution in [0.4, 0.5) is 0 Å². The van der Waals surface area contributed by atoms with E-state index in [2.05, 4.69) is 39.0 Å². The van der Waals surface area contributed by atoms with Crippen LogP contribution in [-0.4, -0.2) is 32.2 Å². The highest BCUT2D eigenvalue weighted by molar-refractivity contribution is 6.73. The first-order chi connectivity index (χ1) is 12.6. The lowest BCUT2D eigenvalue weighted by atomic mass is 9.99. The van der Waals surface area contributed by atoms with Gasteiger partial charge in [0.15, 0.2) is 8.32 Å². The summed E-state index contributed by atoms with van der Waals surface area (Å²) in [6.45, 7) is 12.9. The Labute approximate surface area is 159 Å². The van der Waals surface area contributed by atoms with E-state index in [1.807, 2.05) is 36.9 Å². The van der Waals surface area contributed by atoms with Crippen molar-refractivity contribution in [1.82, 2.24) is 4.90 Å². The topological polar surface area (TPSA) is 29.5 Å². The maximum absolute atomic E-state index is 12.9. The van der Waals surface area contributed by atoms with Gasteiger partial charge in [-0.3, -0.25) is 4.79 Å². The molecule has 0 saturated heterocycles. The van der Waals surface area contributed by atoms with E-state index in [9.17, 15) is 4.79 Å². The zero-order chi connectivity index (χ0) is 19.2. The van der Waals surface area contributed by atoms with Crippen molar-refractivity contribution >= 4 is 25.0 Å². The summed E-state index contributed by atoms with van der Waals surface area (Å²) in [7, 11) is -1.63. The van der Waals surface area contributed by atoms with Crippen molar-refractivity contribution in [2.24, 2.45) is 0 Å². The Hall–Kier alpha value is -1.65. The summed E-state index contributed by atoms with van der Waals surface area (Å²) < 4.78 is 6.51. The van der Waals surface area contributed by atoms with Crippen LogP contribution in [0.25, 0.3) is 10.8 Å². The number of hydrogen-bond acceptors (Lipinski definition) is 2. The SMILES string of the molecule is CCN(CC)C(=O)c1ccc(CO[Si](CC)(CC)CC)c2ccccc12. The number of carbonyl (C=O) groups is 1. The Kier molecular flexibility index (Phi) is 7.41. The first kappa shape index (κ1) is 20.7. The van der Waals surface area contributed by atoms with Crippen molar-refractivity contribution in [3.63, 3.8) is 0 Å². The molecule has 0 bridgehead atoms. The van der Waals surface area contributed by atoms with Crippen molar-refractivity contribution in [1.29, 1.82) is 0 Å². The monoisotopic (exact) mass is 371 g/mol. The minimum atomic E-state index is -1.63. The lowest BCUT2D eigenvalue weighted by Gasteiger charge is -2.28. The highest BCUT2D eigenvalue weighted by atomic mass is 28.4. The minimum absolute atomic E-state index is 0.109. The van der Waals surface area contributed by atoms with E-state index in [1.165, 1.54) is 5.56 Å². The second kappa shape index (κ2) is 9.33. The van der Waals surface area contributed by atoms with E-state index in [4.69, 9.17) is 4.43 Å². The Morgan fingerprint density at radius 1 is 0.885 bits per heavy atom. The fraction of sp³-hybridized carbons (Fsp3) is 0.500. The highest BCUT2D eigenvalue weighted by Crippen LogP contribution is 2.28. The number of benzene rings is 2. The molecule has 2 aromatic rings. The largest absolute Gasteiger partial charge is 0.413 e. The van der Waals surface area contributed by atoms with Crippen LogP contribution in [0.2, 0.25) is 18.1 Å². The van der Waals surface area contributed by atoms with Crippen molar-refractivity contribution < 1.29 is 9.22 Å². The third-order valence-corrected chi connectivity index (χ3v) is 10.4. The minimum Gasteiger partial charge on any atom is -0.413 e. The Bertz CT molecular complexity index is 728. The first-order valence-electron chi connectivity index (χ1n) is 9.99. The fourth-order valence-corrected chi connectivity index (χ4v) is 6.22. The standard InChI is InChI=1S/C22H33NO2Si/c1-6-23(7-2)22(24)21-16-15-18(19-13-11-12-14-20(19)21)17-25-26(8-3,9-4)10-5/h11-16H,6-10,17H2,1-5H3. The lowest BCUT2D eigenvalue weighted by Crippen LogP contribution is -2.35. The maximum atomic E-state index is 12.9. The van der Waals surface area contributed by atoms with Crippen LogP contribution in [0.15, 0.2) is 36.4 Å². The molecule has 0 saturated carbocycles. The summed E-state index contributed by atoms with van der Waals surface area (Å²) in [5, 5.41) is 2.17. The van der Waals surface area contributed by atoms with Crippen LogP contribution in [0.1, 0.15) is 50.5 Å². The number of nitrogens with zero attached hydrogens (tertiary/aromatic N) is 1. The Morgan fingerprint density at radius 2 is 1.46 bits per heavy atom. The van der Waals surface area contributed by atoms with Crippen LogP contribution >= 0.6 is 0 Å². The van der Waals surface area contributed by atoms with Crippen LogP contribution < -0.4 is 0 Å². The molecule has 2 rings (SSSR count). The van der Waals surface area contributed by atoms with Crippen LogP contribution in [0.5, 0.6) is 0 Å². The molecule has 0 spiro atoms. The predicted molar refractivity (Wildman–Crippen MR) is 113 cm³/mol. The maximum Gasteiger partial charge on any atom is 0.254 e. The molecule has 0 aromatic heterocycles. The second-order valence-electron chi connectivity index (χ2n) is 6.83. The molecule has 4 heteroatoms. The smallest absolute Gasteiger partial charge is 0.254 e. The van der Waals surface area contributed by atoms with Crippen LogP contribution in [0, 0.1) is 0 Å². The van der Waals surface area contributed by atoms with E-state index in [0.717, 1.165) is 47.6 Å². The molecule has 0 aliphatic rings. The molecule has 1 amide bonds. The van der Waals surface area contributed by atoms with Gasteiger partial charge in [0.2, 0.25) is 0 Å². The zero-order valence-electron chi connectivity index (χ0n) is 17.0. The lowest BCUT2D eigenvalue weighted by molar-refractivity contribution is 0.0775. The van der Waals surface area contributed by atoms with Gasteiger partial charge in [-0.25, -0.2) is 0 Å². The van der Waals surface area contributed by atoms with Crippen LogP contribution in [0.3, 0.4) is 0 Å². The fourth-order valence-electron chi connectivity index (χ4n) is 3.64. The van der Waals surface area contributed by atoms with Gasteiger partial charge in [-0.1, -0.05) is 51.1 Å². The van der Waals surface area contributed by atoms with E-state index < -0.39 is 8.32 Å². The molecule has 26 heavy (non-hydrogen) atoms. The molecule has 0 radical (unpaired) electrons. The van der Waals surface area contributed by atoms with E-state index in [1.54, 1.807) is 0 Å². The Balaban J connectivity index is 2.40. The van der Waals surface area contributed by atoms with E-state index in [0.29, 0.717) is 6.61 Å². The zero-order valence-corrected chi connectivity index (χ0v) is 18.0. The average Bonchev–Trinajstić information content (AvgIpc) is 2.70. The van der Waals surface area contributed by atoms with Gasteiger partial charge in [0.1, 0.15) is 0 Å². The third kappa shape index (κ3) is 4.18. The molecule has 0 fully saturated rings. The molecule has 0 aliphatic heterocycles. The van der Waals surface area contributed by atoms with Gasteiger partial charge in [-0.2, -0.15) is 0 Å².